The quantitative estimate of drug-likeness (QED) is 0.518. The van der Waals surface area contributed by atoms with Gasteiger partial charge in [0.15, 0.2) is 0 Å². The SMILES string of the molecule is O=[N+]([O-])c1cc([C@@H]2CCN2)ccc1I. The lowest BCUT2D eigenvalue weighted by Gasteiger charge is -2.27. The van der Waals surface area contributed by atoms with E-state index in [9.17, 15) is 10.1 Å². The normalized spacial score (nSPS) is 20.2. The van der Waals surface area contributed by atoms with E-state index in [1.165, 1.54) is 0 Å². The van der Waals surface area contributed by atoms with E-state index in [0.717, 1.165) is 18.5 Å². The zero-order valence-electron chi connectivity index (χ0n) is 7.37. The molecule has 14 heavy (non-hydrogen) atoms. The first-order valence-corrected chi connectivity index (χ1v) is 5.43. The first-order valence-electron chi connectivity index (χ1n) is 4.35. The second-order valence-electron chi connectivity index (χ2n) is 3.26. The molecule has 1 atom stereocenters. The smallest absolute Gasteiger partial charge is 0.282 e. The van der Waals surface area contributed by atoms with Crippen LogP contribution < -0.4 is 5.32 Å². The highest BCUT2D eigenvalue weighted by Gasteiger charge is 2.21. The Morgan fingerprint density at radius 2 is 2.29 bits per heavy atom. The third kappa shape index (κ3) is 1.74. The molecule has 0 saturated carbocycles. The number of halogens is 1. The van der Waals surface area contributed by atoms with E-state index in [1.807, 2.05) is 28.7 Å². The van der Waals surface area contributed by atoms with Gasteiger partial charge in [-0.25, -0.2) is 0 Å². The van der Waals surface area contributed by atoms with Crippen molar-refractivity contribution >= 4 is 28.3 Å². The summed E-state index contributed by atoms with van der Waals surface area (Å²) in [4.78, 5) is 10.4. The van der Waals surface area contributed by atoms with Crippen LogP contribution in [0.25, 0.3) is 0 Å². The molecule has 0 aliphatic carbocycles. The topological polar surface area (TPSA) is 55.2 Å². The number of nitrogens with zero attached hydrogens (tertiary/aromatic N) is 1. The lowest BCUT2D eigenvalue weighted by Crippen LogP contribution is -2.34. The number of benzene rings is 1. The van der Waals surface area contributed by atoms with Gasteiger partial charge in [0.2, 0.25) is 0 Å². The molecule has 1 aliphatic heterocycles. The van der Waals surface area contributed by atoms with Crippen molar-refractivity contribution in [3.63, 3.8) is 0 Å². The minimum atomic E-state index is -0.329. The summed E-state index contributed by atoms with van der Waals surface area (Å²) >= 11 is 1.98. The average molecular weight is 304 g/mol. The van der Waals surface area contributed by atoms with Crippen LogP contribution in [0.15, 0.2) is 18.2 Å². The molecule has 0 amide bonds. The predicted octanol–water partition coefficient (Wildman–Crippen LogP) is 2.23. The standard InChI is InChI=1S/C9H9IN2O2/c10-7-2-1-6(8-3-4-11-8)5-9(7)12(13)14/h1-2,5,8,11H,3-4H2/t8-/m0/s1. The second kappa shape index (κ2) is 3.82. The Labute approximate surface area is 95.0 Å². The van der Waals surface area contributed by atoms with E-state index in [0.29, 0.717) is 9.61 Å². The van der Waals surface area contributed by atoms with Crippen molar-refractivity contribution in [1.82, 2.24) is 5.32 Å². The van der Waals surface area contributed by atoms with Gasteiger partial charge in [-0.15, -0.1) is 0 Å². The van der Waals surface area contributed by atoms with Crippen LogP contribution >= 0.6 is 22.6 Å². The van der Waals surface area contributed by atoms with Crippen LogP contribution in [0.4, 0.5) is 5.69 Å². The molecule has 1 N–H and O–H groups in total. The van der Waals surface area contributed by atoms with Gasteiger partial charge < -0.3 is 5.32 Å². The zero-order chi connectivity index (χ0) is 10.1. The fourth-order valence-corrected chi connectivity index (χ4v) is 1.99. The Hall–Kier alpha value is -0.690. The highest BCUT2D eigenvalue weighted by atomic mass is 127. The van der Waals surface area contributed by atoms with Crippen LogP contribution in [0.5, 0.6) is 0 Å². The van der Waals surface area contributed by atoms with Crippen LogP contribution in [-0.2, 0) is 0 Å². The van der Waals surface area contributed by atoms with Crippen LogP contribution in [0.3, 0.4) is 0 Å². The van der Waals surface area contributed by atoms with Crippen molar-refractivity contribution in [3.05, 3.63) is 37.4 Å². The van der Waals surface area contributed by atoms with E-state index in [-0.39, 0.29) is 10.6 Å². The van der Waals surface area contributed by atoms with Crippen molar-refractivity contribution in [2.24, 2.45) is 0 Å². The predicted molar refractivity (Wildman–Crippen MR) is 61.2 cm³/mol. The molecule has 0 radical (unpaired) electrons. The molecule has 0 unspecified atom stereocenters. The van der Waals surface area contributed by atoms with Crippen LogP contribution in [0, 0.1) is 13.7 Å². The molecule has 1 aromatic carbocycles. The fourth-order valence-electron chi connectivity index (χ4n) is 1.46. The van der Waals surface area contributed by atoms with Gasteiger partial charge in [-0.05, 0) is 47.2 Å². The van der Waals surface area contributed by atoms with Gasteiger partial charge in [-0.3, -0.25) is 10.1 Å². The largest absolute Gasteiger partial charge is 0.310 e. The Morgan fingerprint density at radius 1 is 1.57 bits per heavy atom. The molecule has 0 spiro atoms. The molecule has 1 aliphatic rings. The number of hydrogen-bond donors (Lipinski definition) is 1. The fraction of sp³-hybridized carbons (Fsp3) is 0.333. The maximum absolute atomic E-state index is 10.7. The molecule has 5 heteroatoms. The van der Waals surface area contributed by atoms with Crippen molar-refractivity contribution in [2.45, 2.75) is 12.5 Å². The van der Waals surface area contributed by atoms with Gasteiger partial charge in [0.05, 0.1) is 8.49 Å². The Balaban J connectivity index is 2.34. The summed E-state index contributed by atoms with van der Waals surface area (Å²) in [6.45, 7) is 1.00. The van der Waals surface area contributed by atoms with E-state index in [4.69, 9.17) is 0 Å². The molecule has 0 bridgehead atoms. The summed E-state index contributed by atoms with van der Waals surface area (Å²) in [6, 6.07) is 5.73. The van der Waals surface area contributed by atoms with Gasteiger partial charge in [0, 0.05) is 12.1 Å². The van der Waals surface area contributed by atoms with Crippen molar-refractivity contribution in [3.8, 4) is 0 Å². The molecule has 1 saturated heterocycles. The third-order valence-electron chi connectivity index (χ3n) is 2.39. The van der Waals surface area contributed by atoms with Gasteiger partial charge in [0.25, 0.3) is 5.69 Å². The number of nitro benzene ring substituents is 1. The Kier molecular flexibility index (Phi) is 2.69. The van der Waals surface area contributed by atoms with Gasteiger partial charge >= 0.3 is 0 Å². The second-order valence-corrected chi connectivity index (χ2v) is 4.43. The molecule has 74 valence electrons. The number of nitrogens with one attached hydrogen (secondary N) is 1. The molecule has 2 rings (SSSR count). The zero-order valence-corrected chi connectivity index (χ0v) is 9.52. The summed E-state index contributed by atoms with van der Waals surface area (Å²) in [5, 5.41) is 13.9. The summed E-state index contributed by atoms with van der Waals surface area (Å²) in [5.74, 6) is 0. The maximum atomic E-state index is 10.7. The lowest BCUT2D eigenvalue weighted by atomic mass is 9.98. The third-order valence-corrected chi connectivity index (χ3v) is 3.31. The molecule has 1 fully saturated rings. The average Bonchev–Trinajstić information content (AvgIpc) is 2.04. The minimum Gasteiger partial charge on any atom is -0.310 e. The first kappa shape index (κ1) is 9.85. The first-order chi connectivity index (χ1) is 6.68. The van der Waals surface area contributed by atoms with Crippen LogP contribution in [0.2, 0.25) is 0 Å². The summed E-state index contributed by atoms with van der Waals surface area (Å²) in [5.41, 5.74) is 1.22. The monoisotopic (exact) mass is 304 g/mol. The van der Waals surface area contributed by atoms with Crippen molar-refractivity contribution in [2.75, 3.05) is 6.54 Å². The number of hydrogen-bond acceptors (Lipinski definition) is 3. The van der Waals surface area contributed by atoms with E-state index >= 15 is 0 Å². The van der Waals surface area contributed by atoms with Gasteiger partial charge in [0.1, 0.15) is 0 Å². The summed E-state index contributed by atoms with van der Waals surface area (Å²) < 4.78 is 0.690. The molecule has 4 nitrogen and oxygen atoms in total. The molecular formula is C9H9IN2O2. The van der Waals surface area contributed by atoms with E-state index in [1.54, 1.807) is 12.1 Å². The molecule has 0 aromatic heterocycles. The molecule has 1 aromatic rings. The van der Waals surface area contributed by atoms with Crippen molar-refractivity contribution in [1.29, 1.82) is 0 Å². The number of nitro groups is 1. The van der Waals surface area contributed by atoms with Crippen LogP contribution in [0.1, 0.15) is 18.0 Å². The Morgan fingerprint density at radius 3 is 2.79 bits per heavy atom. The number of rotatable bonds is 2. The van der Waals surface area contributed by atoms with E-state index < -0.39 is 0 Å². The highest BCUT2D eigenvalue weighted by molar-refractivity contribution is 14.1. The molecular weight excluding hydrogens is 295 g/mol. The lowest BCUT2D eigenvalue weighted by molar-refractivity contribution is -0.385. The maximum Gasteiger partial charge on any atom is 0.282 e. The van der Waals surface area contributed by atoms with Crippen molar-refractivity contribution < 1.29 is 4.92 Å². The van der Waals surface area contributed by atoms with Crippen LogP contribution in [-0.4, -0.2) is 11.5 Å². The van der Waals surface area contributed by atoms with Gasteiger partial charge in [-0.1, -0.05) is 6.07 Å². The summed E-state index contributed by atoms with van der Waals surface area (Å²) in [6.07, 6.45) is 1.07. The Bertz CT molecular complexity index is 377. The molecule has 1 heterocycles. The minimum absolute atomic E-state index is 0.205. The van der Waals surface area contributed by atoms with Gasteiger partial charge in [-0.2, -0.15) is 0 Å². The van der Waals surface area contributed by atoms with E-state index in [2.05, 4.69) is 5.32 Å². The highest BCUT2D eigenvalue weighted by Crippen LogP contribution is 2.28. The summed E-state index contributed by atoms with van der Waals surface area (Å²) in [7, 11) is 0.